The van der Waals surface area contributed by atoms with Gasteiger partial charge in [-0.05, 0) is 31.5 Å². The van der Waals surface area contributed by atoms with Gasteiger partial charge in [0.05, 0.1) is 0 Å². The molecule has 2 aromatic carbocycles. The van der Waals surface area contributed by atoms with Crippen molar-refractivity contribution < 1.29 is 18.7 Å². The third-order valence-electron chi connectivity index (χ3n) is 4.33. The molecule has 7 heteroatoms. The number of likely N-dealkylation sites (N-methyl/N-ethyl adjacent to an activating group) is 1. The average Bonchev–Trinajstić information content (AvgIpc) is 3.18. The zero-order valence-corrected chi connectivity index (χ0v) is 17.2. The minimum atomic E-state index is -0.981. The van der Waals surface area contributed by atoms with Crippen LogP contribution < -0.4 is 0 Å². The molecule has 1 amide bonds. The number of hydrogen-bond acceptors (Lipinski definition) is 5. The van der Waals surface area contributed by atoms with Gasteiger partial charge in [-0.3, -0.25) is 4.79 Å². The predicted octanol–water partition coefficient (Wildman–Crippen LogP) is 4.46. The Balaban J connectivity index is 1.61. The first kappa shape index (κ1) is 20.7. The Morgan fingerprint density at radius 2 is 1.93 bits per heavy atom. The van der Waals surface area contributed by atoms with E-state index in [4.69, 9.17) is 4.74 Å². The van der Waals surface area contributed by atoms with E-state index < -0.39 is 12.1 Å². The number of aromatic nitrogens is 1. The van der Waals surface area contributed by atoms with Gasteiger partial charge in [-0.25, -0.2) is 14.2 Å². The van der Waals surface area contributed by atoms with Crippen LogP contribution in [0.5, 0.6) is 0 Å². The molecule has 0 saturated heterocycles. The molecule has 0 bridgehead atoms. The SMILES string of the molecule is Cc1ccc(-c2nc(C(=O)OC(C)C(=O)N(C)Cc3cccc(F)c3)cs2)cc1. The van der Waals surface area contributed by atoms with E-state index in [1.165, 1.54) is 35.3 Å². The molecule has 29 heavy (non-hydrogen) atoms. The highest BCUT2D eigenvalue weighted by molar-refractivity contribution is 7.13. The number of carbonyl (C=O) groups is 2. The van der Waals surface area contributed by atoms with Crippen molar-refractivity contribution in [1.29, 1.82) is 0 Å². The summed E-state index contributed by atoms with van der Waals surface area (Å²) >= 11 is 1.34. The summed E-state index contributed by atoms with van der Waals surface area (Å²) in [5, 5.41) is 2.32. The van der Waals surface area contributed by atoms with Crippen LogP contribution in [0.3, 0.4) is 0 Å². The van der Waals surface area contributed by atoms with Gasteiger partial charge in [0, 0.05) is 24.5 Å². The van der Waals surface area contributed by atoms with Gasteiger partial charge in [-0.1, -0.05) is 42.0 Å². The van der Waals surface area contributed by atoms with E-state index in [9.17, 15) is 14.0 Å². The predicted molar refractivity (Wildman–Crippen MR) is 110 cm³/mol. The van der Waals surface area contributed by atoms with Crippen LogP contribution in [0, 0.1) is 12.7 Å². The van der Waals surface area contributed by atoms with Crippen molar-refractivity contribution in [2.24, 2.45) is 0 Å². The number of thiazole rings is 1. The van der Waals surface area contributed by atoms with E-state index in [0.717, 1.165) is 11.1 Å². The summed E-state index contributed by atoms with van der Waals surface area (Å²) in [6, 6.07) is 13.9. The van der Waals surface area contributed by atoms with Crippen molar-refractivity contribution in [3.63, 3.8) is 0 Å². The van der Waals surface area contributed by atoms with E-state index in [-0.39, 0.29) is 24.0 Å². The highest BCUT2D eigenvalue weighted by Gasteiger charge is 2.24. The number of ether oxygens (including phenoxy) is 1. The third-order valence-corrected chi connectivity index (χ3v) is 5.22. The fourth-order valence-corrected chi connectivity index (χ4v) is 3.56. The molecular weight excluding hydrogens is 391 g/mol. The summed E-state index contributed by atoms with van der Waals surface area (Å²) in [5.74, 6) is -1.40. The number of amides is 1. The second-order valence-corrected chi connectivity index (χ2v) is 7.63. The van der Waals surface area contributed by atoms with Gasteiger partial charge in [-0.15, -0.1) is 11.3 Å². The topological polar surface area (TPSA) is 59.5 Å². The van der Waals surface area contributed by atoms with E-state index >= 15 is 0 Å². The van der Waals surface area contributed by atoms with E-state index in [1.807, 2.05) is 31.2 Å². The van der Waals surface area contributed by atoms with Crippen molar-refractivity contribution in [3.05, 3.63) is 76.5 Å². The van der Waals surface area contributed by atoms with Crippen LogP contribution in [0.1, 0.15) is 28.5 Å². The normalized spacial score (nSPS) is 11.7. The number of hydrogen-bond donors (Lipinski definition) is 0. The van der Waals surface area contributed by atoms with Gasteiger partial charge in [0.1, 0.15) is 10.8 Å². The Morgan fingerprint density at radius 1 is 1.21 bits per heavy atom. The lowest BCUT2D eigenvalue weighted by molar-refractivity contribution is -0.139. The Hall–Kier alpha value is -3.06. The number of nitrogens with zero attached hydrogens (tertiary/aromatic N) is 2. The standard InChI is InChI=1S/C22H21FN2O3S/c1-14-7-9-17(10-8-14)20-24-19(13-29-20)22(27)28-15(2)21(26)25(3)12-16-5-4-6-18(23)11-16/h4-11,13,15H,12H2,1-3H3. The van der Waals surface area contributed by atoms with Crippen LogP contribution >= 0.6 is 11.3 Å². The molecule has 1 unspecified atom stereocenters. The molecule has 0 fully saturated rings. The highest BCUT2D eigenvalue weighted by atomic mass is 32.1. The maximum atomic E-state index is 13.3. The first-order valence-electron chi connectivity index (χ1n) is 9.06. The zero-order chi connectivity index (χ0) is 21.0. The Bertz CT molecular complexity index is 1020. The summed E-state index contributed by atoms with van der Waals surface area (Å²) in [6.07, 6.45) is -0.981. The molecule has 0 N–H and O–H groups in total. The summed E-state index contributed by atoms with van der Waals surface area (Å²) in [7, 11) is 1.58. The van der Waals surface area contributed by atoms with Crippen LogP contribution in [0.4, 0.5) is 4.39 Å². The first-order chi connectivity index (χ1) is 13.8. The Morgan fingerprint density at radius 3 is 2.62 bits per heavy atom. The lowest BCUT2D eigenvalue weighted by Gasteiger charge is -2.21. The van der Waals surface area contributed by atoms with Gasteiger partial charge < -0.3 is 9.64 Å². The van der Waals surface area contributed by atoms with Gasteiger partial charge in [0.2, 0.25) is 0 Å². The number of esters is 1. The van der Waals surface area contributed by atoms with Gasteiger partial charge in [0.15, 0.2) is 11.8 Å². The van der Waals surface area contributed by atoms with E-state index in [1.54, 1.807) is 24.6 Å². The van der Waals surface area contributed by atoms with Gasteiger partial charge in [0.25, 0.3) is 5.91 Å². The maximum Gasteiger partial charge on any atom is 0.358 e. The minimum absolute atomic E-state index is 0.165. The molecule has 0 aliphatic carbocycles. The molecule has 1 aromatic heterocycles. The Labute approximate surface area is 172 Å². The van der Waals surface area contributed by atoms with Crippen LogP contribution in [0.2, 0.25) is 0 Å². The van der Waals surface area contributed by atoms with Crippen LogP contribution in [0.25, 0.3) is 10.6 Å². The monoisotopic (exact) mass is 412 g/mol. The molecule has 0 aliphatic rings. The molecule has 0 radical (unpaired) electrons. The second-order valence-electron chi connectivity index (χ2n) is 6.78. The molecule has 1 atom stereocenters. The maximum absolute atomic E-state index is 13.3. The van der Waals surface area contributed by atoms with Crippen molar-refractivity contribution >= 4 is 23.2 Å². The van der Waals surface area contributed by atoms with Crippen LogP contribution in [0.15, 0.2) is 53.9 Å². The third kappa shape index (κ3) is 5.26. The highest BCUT2D eigenvalue weighted by Crippen LogP contribution is 2.24. The smallest absolute Gasteiger partial charge is 0.358 e. The molecule has 3 aromatic rings. The van der Waals surface area contributed by atoms with Gasteiger partial charge >= 0.3 is 5.97 Å². The summed E-state index contributed by atoms with van der Waals surface area (Å²) in [4.78, 5) is 30.6. The summed E-state index contributed by atoms with van der Waals surface area (Å²) < 4.78 is 18.6. The molecule has 3 rings (SSSR count). The van der Waals surface area contributed by atoms with E-state index in [0.29, 0.717) is 10.6 Å². The Kier molecular flexibility index (Phi) is 6.39. The van der Waals surface area contributed by atoms with Crippen molar-refractivity contribution in [1.82, 2.24) is 9.88 Å². The lowest BCUT2D eigenvalue weighted by atomic mass is 10.2. The summed E-state index contributed by atoms with van der Waals surface area (Å²) in [6.45, 7) is 3.72. The number of aryl methyl sites for hydroxylation is 1. The first-order valence-corrected chi connectivity index (χ1v) is 9.94. The summed E-state index contributed by atoms with van der Waals surface area (Å²) in [5.41, 5.74) is 2.87. The van der Waals surface area contributed by atoms with Gasteiger partial charge in [-0.2, -0.15) is 0 Å². The second kappa shape index (κ2) is 8.96. The molecule has 150 valence electrons. The number of halogens is 1. The van der Waals surface area contributed by atoms with Crippen molar-refractivity contribution in [2.75, 3.05) is 7.05 Å². The number of benzene rings is 2. The van der Waals surface area contributed by atoms with Crippen molar-refractivity contribution in [2.45, 2.75) is 26.5 Å². The average molecular weight is 412 g/mol. The molecule has 0 spiro atoms. The van der Waals surface area contributed by atoms with E-state index in [2.05, 4.69) is 4.98 Å². The molecule has 0 aliphatic heterocycles. The molecule has 0 saturated carbocycles. The quantitative estimate of drug-likeness (QED) is 0.561. The fraction of sp³-hybridized carbons (Fsp3) is 0.227. The largest absolute Gasteiger partial charge is 0.448 e. The molecule has 5 nitrogen and oxygen atoms in total. The van der Waals surface area contributed by atoms with Crippen LogP contribution in [-0.2, 0) is 16.1 Å². The van der Waals surface area contributed by atoms with Crippen LogP contribution in [-0.4, -0.2) is 34.9 Å². The zero-order valence-electron chi connectivity index (χ0n) is 16.4. The number of rotatable bonds is 6. The minimum Gasteiger partial charge on any atom is -0.448 e. The molecule has 1 heterocycles. The number of carbonyl (C=O) groups excluding carboxylic acids is 2. The lowest BCUT2D eigenvalue weighted by Crippen LogP contribution is -2.37. The molecular formula is C22H21FN2O3S. The van der Waals surface area contributed by atoms with Crippen molar-refractivity contribution in [3.8, 4) is 10.6 Å². The fourth-order valence-electron chi connectivity index (χ4n) is 2.77.